The topological polar surface area (TPSA) is 41.1 Å². The van der Waals surface area contributed by atoms with Crippen LogP contribution in [-0.2, 0) is 11.3 Å². The number of benzene rings is 1. The Hall–Kier alpha value is -1.13. The Bertz CT molecular complexity index is 419. The number of rotatable bonds is 3. The van der Waals surface area contributed by atoms with Gasteiger partial charge in [-0.1, -0.05) is 12.1 Å². The largest absolute Gasteiger partial charge is 0.351 e. The van der Waals surface area contributed by atoms with Gasteiger partial charge in [-0.15, -0.1) is 12.4 Å². The highest BCUT2D eigenvalue weighted by atomic mass is 35.5. The molecule has 1 saturated heterocycles. The fraction of sp³-hybridized carbons (Fsp3) is 0.462. The van der Waals surface area contributed by atoms with E-state index in [0.717, 1.165) is 24.9 Å². The third-order valence-electron chi connectivity index (χ3n) is 3.08. The van der Waals surface area contributed by atoms with Crippen molar-refractivity contribution < 1.29 is 9.18 Å². The number of aryl methyl sites for hydroxylation is 1. The molecule has 0 saturated carbocycles. The lowest BCUT2D eigenvalue weighted by atomic mass is 10.1. The van der Waals surface area contributed by atoms with Crippen LogP contribution in [0.5, 0.6) is 0 Å². The predicted molar refractivity (Wildman–Crippen MR) is 71.3 cm³/mol. The Balaban J connectivity index is 0.00000162. The van der Waals surface area contributed by atoms with Crippen LogP contribution in [0.3, 0.4) is 0 Å². The molecule has 5 heteroatoms. The van der Waals surface area contributed by atoms with Crippen LogP contribution >= 0.6 is 12.4 Å². The first-order valence-corrected chi connectivity index (χ1v) is 5.93. The molecular formula is C13H18ClFN2O. The molecule has 1 heterocycles. The standard InChI is InChI=1S/C13H17FN2O.ClH/c1-9-4-5-10(7-11(9)14)8-16-13(17)12-3-2-6-15-12;/h4-5,7,12,15H,2-3,6,8H2,1H3,(H,16,17);1H. The van der Waals surface area contributed by atoms with Crippen molar-refractivity contribution in [1.82, 2.24) is 10.6 Å². The van der Waals surface area contributed by atoms with Crippen molar-refractivity contribution in [3.63, 3.8) is 0 Å². The van der Waals surface area contributed by atoms with E-state index in [9.17, 15) is 9.18 Å². The van der Waals surface area contributed by atoms with Gasteiger partial charge in [-0.2, -0.15) is 0 Å². The molecule has 1 amide bonds. The second-order valence-corrected chi connectivity index (χ2v) is 4.45. The summed E-state index contributed by atoms with van der Waals surface area (Å²) in [5.74, 6) is -0.223. The lowest BCUT2D eigenvalue weighted by Gasteiger charge is -2.11. The van der Waals surface area contributed by atoms with Gasteiger partial charge >= 0.3 is 0 Å². The highest BCUT2D eigenvalue weighted by molar-refractivity contribution is 5.85. The maximum atomic E-state index is 13.3. The lowest BCUT2D eigenvalue weighted by molar-refractivity contribution is -0.122. The monoisotopic (exact) mass is 272 g/mol. The van der Waals surface area contributed by atoms with E-state index in [4.69, 9.17) is 0 Å². The van der Waals surface area contributed by atoms with E-state index in [1.165, 1.54) is 6.07 Å². The second-order valence-electron chi connectivity index (χ2n) is 4.45. The summed E-state index contributed by atoms with van der Waals surface area (Å²) in [6.07, 6.45) is 1.92. The van der Waals surface area contributed by atoms with E-state index in [0.29, 0.717) is 12.1 Å². The van der Waals surface area contributed by atoms with Crippen LogP contribution in [0.15, 0.2) is 18.2 Å². The lowest BCUT2D eigenvalue weighted by Crippen LogP contribution is -2.40. The molecule has 2 N–H and O–H groups in total. The van der Waals surface area contributed by atoms with Gasteiger partial charge in [-0.25, -0.2) is 4.39 Å². The highest BCUT2D eigenvalue weighted by Crippen LogP contribution is 2.09. The SMILES string of the molecule is Cc1ccc(CNC(=O)C2CCCN2)cc1F.Cl. The van der Waals surface area contributed by atoms with E-state index in [1.807, 2.05) is 6.07 Å². The third-order valence-corrected chi connectivity index (χ3v) is 3.08. The van der Waals surface area contributed by atoms with Crippen LogP contribution in [0, 0.1) is 12.7 Å². The summed E-state index contributed by atoms with van der Waals surface area (Å²) < 4.78 is 13.3. The van der Waals surface area contributed by atoms with Crippen molar-refractivity contribution in [3.8, 4) is 0 Å². The molecule has 1 aromatic rings. The van der Waals surface area contributed by atoms with E-state index in [2.05, 4.69) is 10.6 Å². The van der Waals surface area contributed by atoms with Gasteiger partial charge in [0.15, 0.2) is 0 Å². The fourth-order valence-corrected chi connectivity index (χ4v) is 1.97. The van der Waals surface area contributed by atoms with Crippen LogP contribution < -0.4 is 10.6 Å². The summed E-state index contributed by atoms with van der Waals surface area (Å²) in [5, 5.41) is 5.95. The average molecular weight is 273 g/mol. The molecule has 18 heavy (non-hydrogen) atoms. The van der Waals surface area contributed by atoms with Gasteiger partial charge in [0.05, 0.1) is 6.04 Å². The number of hydrogen-bond donors (Lipinski definition) is 2. The van der Waals surface area contributed by atoms with Gasteiger partial charge in [-0.3, -0.25) is 4.79 Å². The quantitative estimate of drug-likeness (QED) is 0.883. The number of amides is 1. The van der Waals surface area contributed by atoms with Gasteiger partial charge in [0, 0.05) is 6.54 Å². The number of carbonyl (C=O) groups is 1. The maximum absolute atomic E-state index is 13.3. The molecule has 2 rings (SSSR count). The number of hydrogen-bond acceptors (Lipinski definition) is 2. The minimum absolute atomic E-state index is 0. The van der Waals surface area contributed by atoms with Crippen LogP contribution in [0.4, 0.5) is 4.39 Å². The van der Waals surface area contributed by atoms with Gasteiger partial charge in [-0.05, 0) is 43.5 Å². The summed E-state index contributed by atoms with van der Waals surface area (Å²) in [4.78, 5) is 11.7. The van der Waals surface area contributed by atoms with Crippen molar-refractivity contribution in [2.24, 2.45) is 0 Å². The van der Waals surface area contributed by atoms with Crippen LogP contribution in [-0.4, -0.2) is 18.5 Å². The molecule has 0 radical (unpaired) electrons. The van der Waals surface area contributed by atoms with E-state index in [-0.39, 0.29) is 30.2 Å². The van der Waals surface area contributed by atoms with Crippen molar-refractivity contribution in [1.29, 1.82) is 0 Å². The zero-order valence-electron chi connectivity index (χ0n) is 10.3. The van der Waals surface area contributed by atoms with Crippen LogP contribution in [0.1, 0.15) is 24.0 Å². The second kappa shape index (κ2) is 6.71. The summed E-state index contributed by atoms with van der Waals surface area (Å²) in [6, 6.07) is 4.95. The molecule has 0 spiro atoms. The molecule has 3 nitrogen and oxygen atoms in total. The van der Waals surface area contributed by atoms with E-state index >= 15 is 0 Å². The Kier molecular flexibility index (Phi) is 5.56. The molecule has 100 valence electrons. The minimum atomic E-state index is -0.226. The normalized spacial score (nSPS) is 18.2. The molecule has 1 fully saturated rings. The van der Waals surface area contributed by atoms with Crippen LogP contribution in [0.2, 0.25) is 0 Å². The van der Waals surface area contributed by atoms with Crippen molar-refractivity contribution in [2.75, 3.05) is 6.54 Å². The Morgan fingerprint density at radius 3 is 2.94 bits per heavy atom. The molecule has 0 bridgehead atoms. The first kappa shape index (κ1) is 14.9. The predicted octanol–water partition coefficient (Wildman–Crippen LogP) is 1.92. The molecule has 1 aromatic carbocycles. The molecule has 1 aliphatic heterocycles. The Morgan fingerprint density at radius 2 is 2.33 bits per heavy atom. The highest BCUT2D eigenvalue weighted by Gasteiger charge is 2.21. The van der Waals surface area contributed by atoms with Crippen molar-refractivity contribution in [2.45, 2.75) is 32.4 Å². The van der Waals surface area contributed by atoms with Crippen molar-refractivity contribution in [3.05, 3.63) is 35.1 Å². The molecule has 1 aliphatic rings. The van der Waals surface area contributed by atoms with Gasteiger partial charge < -0.3 is 10.6 Å². The van der Waals surface area contributed by atoms with Gasteiger partial charge in [0.25, 0.3) is 0 Å². The minimum Gasteiger partial charge on any atom is -0.351 e. The third kappa shape index (κ3) is 3.68. The summed E-state index contributed by atoms with van der Waals surface area (Å²) in [7, 11) is 0. The molecular weight excluding hydrogens is 255 g/mol. The number of nitrogens with one attached hydrogen (secondary N) is 2. The molecule has 0 aromatic heterocycles. The van der Waals surface area contributed by atoms with Crippen LogP contribution in [0.25, 0.3) is 0 Å². The molecule has 1 atom stereocenters. The average Bonchev–Trinajstić information content (AvgIpc) is 2.84. The molecule has 1 unspecified atom stereocenters. The first-order chi connectivity index (χ1) is 8.16. The van der Waals surface area contributed by atoms with Crippen molar-refractivity contribution >= 4 is 18.3 Å². The number of carbonyl (C=O) groups excluding carboxylic acids is 1. The maximum Gasteiger partial charge on any atom is 0.237 e. The zero-order valence-corrected chi connectivity index (χ0v) is 11.1. The summed E-state index contributed by atoms with van der Waals surface area (Å²) >= 11 is 0. The van der Waals surface area contributed by atoms with Gasteiger partial charge in [0.2, 0.25) is 5.91 Å². The Labute approximate surface area is 113 Å². The van der Waals surface area contributed by atoms with E-state index in [1.54, 1.807) is 13.0 Å². The van der Waals surface area contributed by atoms with Gasteiger partial charge in [0.1, 0.15) is 5.82 Å². The number of halogens is 2. The fourth-order valence-electron chi connectivity index (χ4n) is 1.97. The molecule has 0 aliphatic carbocycles. The van der Waals surface area contributed by atoms with E-state index < -0.39 is 0 Å². The zero-order chi connectivity index (χ0) is 12.3. The Morgan fingerprint density at radius 1 is 1.56 bits per heavy atom. The smallest absolute Gasteiger partial charge is 0.237 e. The first-order valence-electron chi connectivity index (χ1n) is 5.93. The summed E-state index contributed by atoms with van der Waals surface area (Å²) in [6.45, 7) is 3.01. The summed E-state index contributed by atoms with van der Waals surface area (Å²) in [5.41, 5.74) is 1.41.